The predicted octanol–water partition coefficient (Wildman–Crippen LogP) is 4.14. The summed E-state index contributed by atoms with van der Waals surface area (Å²) in [5, 5.41) is 6.68. The summed E-state index contributed by atoms with van der Waals surface area (Å²) >= 11 is 0. The van der Waals surface area contributed by atoms with Crippen molar-refractivity contribution in [2.45, 2.75) is 31.2 Å². The number of pyridine rings is 1. The second kappa shape index (κ2) is 7.46. The van der Waals surface area contributed by atoms with Gasteiger partial charge < -0.3 is 15.2 Å². The number of fused-ring (bicyclic) bond motifs is 1. The van der Waals surface area contributed by atoms with Crippen LogP contribution in [-0.4, -0.2) is 16.6 Å². The molecule has 2 atom stereocenters. The molecule has 2 N–H and O–H groups in total. The van der Waals surface area contributed by atoms with Crippen LogP contribution in [0.15, 0.2) is 59.4 Å². The maximum atomic E-state index is 14.0. The first kappa shape index (κ1) is 18.2. The van der Waals surface area contributed by atoms with Crippen molar-refractivity contribution in [3.8, 4) is 0 Å². The van der Waals surface area contributed by atoms with Crippen molar-refractivity contribution in [3.63, 3.8) is 0 Å². The number of benzene rings is 2. The molecule has 0 saturated heterocycles. The highest BCUT2D eigenvalue weighted by atomic mass is 19.1. The zero-order valence-electron chi connectivity index (χ0n) is 15.6. The Balaban J connectivity index is 1.45. The van der Waals surface area contributed by atoms with Gasteiger partial charge in [-0.2, -0.15) is 0 Å². The molecule has 6 heteroatoms. The molecule has 4 rings (SSSR count). The van der Waals surface area contributed by atoms with E-state index >= 15 is 0 Å². The summed E-state index contributed by atoms with van der Waals surface area (Å²) in [7, 11) is 1.70. The van der Waals surface area contributed by atoms with Crippen molar-refractivity contribution in [1.29, 1.82) is 0 Å². The Morgan fingerprint density at radius 3 is 2.71 bits per heavy atom. The maximum Gasteiger partial charge on any atom is 0.319 e. The molecule has 1 aromatic heterocycles. The van der Waals surface area contributed by atoms with Crippen molar-refractivity contribution in [2.24, 2.45) is 7.05 Å². The number of urea groups is 1. The lowest BCUT2D eigenvalue weighted by Crippen LogP contribution is -2.36. The van der Waals surface area contributed by atoms with E-state index in [0.29, 0.717) is 5.69 Å². The van der Waals surface area contributed by atoms with Crippen molar-refractivity contribution in [3.05, 3.63) is 76.3 Å². The molecule has 1 heterocycles. The van der Waals surface area contributed by atoms with Crippen LogP contribution in [0.5, 0.6) is 0 Å². The Hall–Kier alpha value is -3.15. The summed E-state index contributed by atoms with van der Waals surface area (Å²) in [6.07, 6.45) is 2.39. The van der Waals surface area contributed by atoms with Gasteiger partial charge in [0.05, 0.1) is 11.2 Å². The van der Waals surface area contributed by atoms with E-state index in [2.05, 4.69) is 10.6 Å². The zero-order valence-corrected chi connectivity index (χ0v) is 15.6. The fourth-order valence-electron chi connectivity index (χ4n) is 4.06. The molecular weight excluding hydrogens is 357 g/mol. The Morgan fingerprint density at radius 1 is 1.07 bits per heavy atom. The van der Waals surface area contributed by atoms with E-state index in [1.807, 2.05) is 24.3 Å². The molecule has 144 valence electrons. The number of carbonyl (C=O) groups excluding carboxylic acids is 1. The number of hydrogen-bond acceptors (Lipinski definition) is 2. The lowest BCUT2D eigenvalue weighted by Gasteiger charge is -2.16. The van der Waals surface area contributed by atoms with Crippen LogP contribution in [0.25, 0.3) is 10.9 Å². The summed E-state index contributed by atoms with van der Waals surface area (Å²) in [5.41, 5.74) is 2.03. The molecule has 3 aromatic rings. The van der Waals surface area contributed by atoms with Crippen LogP contribution in [0, 0.1) is 5.82 Å². The second-order valence-electron chi connectivity index (χ2n) is 7.30. The van der Waals surface area contributed by atoms with Crippen molar-refractivity contribution < 1.29 is 9.18 Å². The number of aromatic nitrogens is 1. The van der Waals surface area contributed by atoms with E-state index in [-0.39, 0.29) is 29.4 Å². The molecule has 28 heavy (non-hydrogen) atoms. The van der Waals surface area contributed by atoms with E-state index in [9.17, 15) is 14.0 Å². The first-order valence-corrected chi connectivity index (χ1v) is 9.43. The molecule has 0 bridgehead atoms. The number of aryl methyl sites for hydroxylation is 1. The van der Waals surface area contributed by atoms with E-state index in [1.165, 1.54) is 12.1 Å². The van der Waals surface area contributed by atoms with Crippen LogP contribution in [0.2, 0.25) is 0 Å². The van der Waals surface area contributed by atoms with Crippen LogP contribution in [0.3, 0.4) is 0 Å². The third-order valence-corrected chi connectivity index (χ3v) is 5.53. The van der Waals surface area contributed by atoms with Crippen molar-refractivity contribution >= 4 is 22.6 Å². The number of carbonyl (C=O) groups is 1. The summed E-state index contributed by atoms with van der Waals surface area (Å²) in [4.78, 5) is 24.3. The van der Waals surface area contributed by atoms with Gasteiger partial charge in [-0.3, -0.25) is 4.79 Å². The van der Waals surface area contributed by atoms with E-state index in [4.69, 9.17) is 0 Å². The quantitative estimate of drug-likeness (QED) is 0.719. The standard InChI is InChI=1S/C22H22FN3O2/c1-26-20-8-4-7-19(17(20)11-12-21(26)27)25-22(28)24-15-10-9-14(13-15)16-5-2-3-6-18(16)23/h2-8,11-12,14-15H,9-10,13H2,1H3,(H2,24,25,28)/t14-,15-/m1/s1. The fourth-order valence-corrected chi connectivity index (χ4v) is 4.06. The van der Waals surface area contributed by atoms with Crippen molar-refractivity contribution in [1.82, 2.24) is 9.88 Å². The molecule has 2 amide bonds. The number of rotatable bonds is 3. The van der Waals surface area contributed by atoms with Crippen LogP contribution >= 0.6 is 0 Å². The normalized spacial score (nSPS) is 18.9. The molecule has 1 saturated carbocycles. The summed E-state index contributed by atoms with van der Waals surface area (Å²) < 4.78 is 15.6. The molecule has 2 aromatic carbocycles. The molecule has 0 spiro atoms. The summed E-state index contributed by atoms with van der Waals surface area (Å²) in [6, 6.07) is 15.2. The van der Waals surface area contributed by atoms with Gasteiger partial charge in [0.25, 0.3) is 5.56 Å². The number of hydrogen-bond donors (Lipinski definition) is 2. The van der Waals surface area contributed by atoms with Crippen LogP contribution < -0.4 is 16.2 Å². The van der Waals surface area contributed by atoms with Crippen LogP contribution in [0.4, 0.5) is 14.9 Å². The third-order valence-electron chi connectivity index (χ3n) is 5.53. The number of amides is 2. The van der Waals surface area contributed by atoms with Gasteiger partial charge in [0, 0.05) is 24.5 Å². The Morgan fingerprint density at radius 2 is 1.89 bits per heavy atom. The average molecular weight is 379 g/mol. The third kappa shape index (κ3) is 3.50. The largest absolute Gasteiger partial charge is 0.335 e. The number of nitrogens with one attached hydrogen (secondary N) is 2. The molecule has 1 aliphatic carbocycles. The highest BCUT2D eigenvalue weighted by Crippen LogP contribution is 2.35. The zero-order chi connectivity index (χ0) is 19.7. The molecule has 0 radical (unpaired) electrons. The molecule has 5 nitrogen and oxygen atoms in total. The Bertz CT molecular complexity index is 1090. The van der Waals surface area contributed by atoms with Gasteiger partial charge in [-0.1, -0.05) is 24.3 Å². The topological polar surface area (TPSA) is 63.1 Å². The molecule has 1 fully saturated rings. The van der Waals surface area contributed by atoms with E-state index in [0.717, 1.165) is 35.7 Å². The van der Waals surface area contributed by atoms with Gasteiger partial charge in [-0.25, -0.2) is 9.18 Å². The maximum absolute atomic E-state index is 14.0. The van der Waals surface area contributed by atoms with E-state index < -0.39 is 0 Å². The van der Waals surface area contributed by atoms with Crippen LogP contribution in [-0.2, 0) is 7.05 Å². The minimum Gasteiger partial charge on any atom is -0.335 e. The van der Waals surface area contributed by atoms with Crippen molar-refractivity contribution in [2.75, 3.05) is 5.32 Å². The summed E-state index contributed by atoms with van der Waals surface area (Å²) in [5.74, 6) is -0.0578. The van der Waals surface area contributed by atoms with E-state index in [1.54, 1.807) is 29.8 Å². The van der Waals surface area contributed by atoms with Gasteiger partial charge in [0.15, 0.2) is 0 Å². The van der Waals surface area contributed by atoms with Gasteiger partial charge in [0.1, 0.15) is 5.82 Å². The van der Waals surface area contributed by atoms with Gasteiger partial charge >= 0.3 is 6.03 Å². The smallest absolute Gasteiger partial charge is 0.319 e. The fraction of sp³-hybridized carbons (Fsp3) is 0.273. The lowest BCUT2D eigenvalue weighted by molar-refractivity contribution is 0.248. The van der Waals surface area contributed by atoms with Crippen LogP contribution in [0.1, 0.15) is 30.7 Å². The highest BCUT2D eigenvalue weighted by molar-refractivity contribution is 6.00. The first-order chi connectivity index (χ1) is 13.5. The monoisotopic (exact) mass is 379 g/mol. The number of nitrogens with zero attached hydrogens (tertiary/aromatic N) is 1. The minimum atomic E-state index is -0.291. The predicted molar refractivity (Wildman–Crippen MR) is 108 cm³/mol. The highest BCUT2D eigenvalue weighted by Gasteiger charge is 2.28. The van der Waals surface area contributed by atoms with Gasteiger partial charge in [-0.05, 0) is 55.0 Å². The Kier molecular flexibility index (Phi) is 4.86. The second-order valence-corrected chi connectivity index (χ2v) is 7.30. The lowest BCUT2D eigenvalue weighted by atomic mass is 9.97. The summed E-state index contributed by atoms with van der Waals surface area (Å²) in [6.45, 7) is 0. The average Bonchev–Trinajstić information content (AvgIpc) is 3.13. The number of halogens is 1. The molecule has 0 aliphatic heterocycles. The van der Waals surface area contributed by atoms with Gasteiger partial charge in [0.2, 0.25) is 0 Å². The number of anilines is 1. The molecule has 1 aliphatic rings. The molecular formula is C22H22FN3O2. The SMILES string of the molecule is Cn1c(=O)ccc2c(NC(=O)N[C@@H]3CC[C@@H](c4ccccc4F)C3)cccc21. The van der Waals surface area contributed by atoms with Gasteiger partial charge in [-0.15, -0.1) is 0 Å². The molecule has 0 unspecified atom stereocenters. The Labute approximate surface area is 162 Å². The minimum absolute atomic E-state index is 0.00365. The first-order valence-electron chi connectivity index (χ1n) is 9.43.